The molecule has 0 unspecified atom stereocenters. The van der Waals surface area contributed by atoms with E-state index in [1.165, 1.54) is 12.1 Å². The molecule has 1 aromatic rings. The van der Waals surface area contributed by atoms with Crippen molar-refractivity contribution in [3.05, 3.63) is 34.7 Å². The number of carbonyl (C=O) groups is 3. The summed E-state index contributed by atoms with van der Waals surface area (Å²) < 4.78 is 0. The van der Waals surface area contributed by atoms with Crippen molar-refractivity contribution in [1.82, 2.24) is 0 Å². The highest BCUT2D eigenvalue weighted by Gasteiger charge is 2.06. The molecule has 0 saturated carbocycles. The Morgan fingerprint density at radius 2 is 1.44 bits per heavy atom. The molecule has 0 aliphatic rings. The fourth-order valence-corrected chi connectivity index (χ4v) is 1.11. The molecular weight excluding hydrogens is 212 g/mol. The second-order valence-electron chi connectivity index (χ2n) is 2.93. The van der Waals surface area contributed by atoms with E-state index in [4.69, 9.17) is 10.2 Å². The van der Waals surface area contributed by atoms with Crippen molar-refractivity contribution in [3.63, 3.8) is 0 Å². The molecule has 5 heteroatoms. The molecule has 1 rings (SSSR count). The maximum absolute atomic E-state index is 10.9. The molecule has 0 bridgehead atoms. The van der Waals surface area contributed by atoms with Gasteiger partial charge in [-0.25, -0.2) is 9.59 Å². The minimum absolute atomic E-state index is 0.261. The van der Waals surface area contributed by atoms with E-state index in [1.54, 1.807) is 12.1 Å². The van der Waals surface area contributed by atoms with E-state index >= 15 is 0 Å². The molecular formula is C11H8O5. The average molecular weight is 220 g/mol. The molecule has 0 amide bonds. The van der Waals surface area contributed by atoms with Crippen molar-refractivity contribution in [2.75, 3.05) is 0 Å². The lowest BCUT2D eigenvalue weighted by atomic mass is 10.2. The van der Waals surface area contributed by atoms with Gasteiger partial charge in [0.1, 0.15) is 0 Å². The van der Waals surface area contributed by atoms with Gasteiger partial charge < -0.3 is 10.2 Å². The number of hydrogen-bond acceptors (Lipinski definition) is 3. The second-order valence-corrected chi connectivity index (χ2v) is 2.93. The predicted molar refractivity (Wildman–Crippen MR) is 54.9 cm³/mol. The summed E-state index contributed by atoms with van der Waals surface area (Å²) in [5.41, 5.74) is 0. The van der Waals surface area contributed by atoms with Gasteiger partial charge in [0.25, 0.3) is 5.78 Å². The summed E-state index contributed by atoms with van der Waals surface area (Å²) in [5, 5.41) is 17.5. The van der Waals surface area contributed by atoms with Crippen LogP contribution in [-0.4, -0.2) is 27.9 Å². The number of carboxylic acids is 2. The van der Waals surface area contributed by atoms with Crippen LogP contribution in [0.15, 0.2) is 24.3 Å². The number of benzene rings is 1. The molecule has 1 aromatic carbocycles. The molecule has 0 fully saturated rings. The van der Waals surface area contributed by atoms with E-state index < -0.39 is 17.7 Å². The SMILES string of the molecule is O=C(O)/C=c1/cccc/c1=C\C(=O)C(=O)O. The van der Waals surface area contributed by atoms with Crippen molar-refractivity contribution in [2.45, 2.75) is 0 Å². The number of Topliss-reactive ketones (excluding diaryl/α,β-unsaturated/α-hetero) is 1. The third-order valence-electron chi connectivity index (χ3n) is 1.77. The van der Waals surface area contributed by atoms with Crippen molar-refractivity contribution in [1.29, 1.82) is 0 Å². The minimum Gasteiger partial charge on any atom is -0.478 e. The summed E-state index contributed by atoms with van der Waals surface area (Å²) >= 11 is 0. The second kappa shape index (κ2) is 4.88. The van der Waals surface area contributed by atoms with Crippen molar-refractivity contribution >= 4 is 29.9 Å². The first-order valence-electron chi connectivity index (χ1n) is 4.29. The van der Waals surface area contributed by atoms with Crippen molar-refractivity contribution < 1.29 is 24.6 Å². The summed E-state index contributed by atoms with van der Waals surface area (Å²) in [6.45, 7) is 0. The van der Waals surface area contributed by atoms with Crippen molar-refractivity contribution in [3.8, 4) is 0 Å². The number of carbonyl (C=O) groups excluding carboxylic acids is 1. The molecule has 0 spiro atoms. The Morgan fingerprint density at radius 1 is 0.938 bits per heavy atom. The number of rotatable bonds is 3. The topological polar surface area (TPSA) is 91.7 Å². The quantitative estimate of drug-likeness (QED) is 0.636. The Balaban J connectivity index is 3.40. The van der Waals surface area contributed by atoms with Crippen LogP contribution >= 0.6 is 0 Å². The van der Waals surface area contributed by atoms with Gasteiger partial charge in [-0.2, -0.15) is 0 Å². The molecule has 0 heterocycles. The van der Waals surface area contributed by atoms with Crippen molar-refractivity contribution in [2.24, 2.45) is 0 Å². The number of carboxylic acid groups (broad SMARTS) is 2. The van der Waals surface area contributed by atoms with Gasteiger partial charge in [-0.05, 0) is 10.4 Å². The zero-order valence-corrected chi connectivity index (χ0v) is 8.08. The van der Waals surface area contributed by atoms with Gasteiger partial charge in [0.05, 0.1) is 0 Å². The number of hydrogen-bond donors (Lipinski definition) is 2. The Hall–Kier alpha value is -2.43. The molecule has 0 radical (unpaired) electrons. The molecule has 16 heavy (non-hydrogen) atoms. The third-order valence-corrected chi connectivity index (χ3v) is 1.77. The Bertz CT molecular complexity index is 556. The highest BCUT2D eigenvalue weighted by molar-refractivity contribution is 6.44. The zero-order valence-electron chi connectivity index (χ0n) is 8.08. The summed E-state index contributed by atoms with van der Waals surface area (Å²) in [6, 6.07) is 6.13. The highest BCUT2D eigenvalue weighted by Crippen LogP contribution is 1.77. The lowest BCUT2D eigenvalue weighted by molar-refractivity contribution is -0.146. The molecule has 5 nitrogen and oxygen atoms in total. The number of aliphatic carboxylic acids is 2. The van der Waals surface area contributed by atoms with Crippen LogP contribution in [-0.2, 0) is 14.4 Å². The lowest BCUT2D eigenvalue weighted by Crippen LogP contribution is -2.27. The molecule has 0 saturated heterocycles. The standard InChI is InChI=1S/C11H8O5/c12-9(11(15)16)5-7-3-1-2-4-8(7)6-10(13)14/h1-6H,(H,13,14)(H,15,16)/b7-5+,8-6-. The summed E-state index contributed by atoms with van der Waals surface area (Å²) in [7, 11) is 0. The average Bonchev–Trinajstić information content (AvgIpc) is 2.20. The van der Waals surface area contributed by atoms with Gasteiger partial charge in [0.15, 0.2) is 0 Å². The number of ketones is 1. The Kier molecular flexibility index (Phi) is 3.55. The molecule has 2 N–H and O–H groups in total. The van der Waals surface area contributed by atoms with Crippen LogP contribution in [0.25, 0.3) is 12.2 Å². The largest absolute Gasteiger partial charge is 0.478 e. The molecule has 0 aliphatic carbocycles. The normalized spacial score (nSPS) is 12.5. The van der Waals surface area contributed by atoms with E-state index in [-0.39, 0.29) is 10.4 Å². The first kappa shape index (κ1) is 11.6. The summed E-state index contributed by atoms with van der Waals surface area (Å²) in [5.74, 6) is -3.83. The smallest absolute Gasteiger partial charge is 0.376 e. The minimum atomic E-state index is -1.58. The van der Waals surface area contributed by atoms with Gasteiger partial charge in [-0.1, -0.05) is 24.3 Å². The van der Waals surface area contributed by atoms with Crippen LogP contribution in [0, 0.1) is 0 Å². The van der Waals surface area contributed by atoms with Crippen LogP contribution in [0.3, 0.4) is 0 Å². The maximum atomic E-state index is 10.9. The van der Waals surface area contributed by atoms with Gasteiger partial charge >= 0.3 is 11.9 Å². The first-order chi connectivity index (χ1) is 7.50. The summed E-state index contributed by atoms with van der Waals surface area (Å²) in [4.78, 5) is 31.7. The van der Waals surface area contributed by atoms with E-state index in [0.717, 1.165) is 12.2 Å². The third kappa shape index (κ3) is 3.06. The fourth-order valence-electron chi connectivity index (χ4n) is 1.11. The molecule has 82 valence electrons. The van der Waals surface area contributed by atoms with Crippen LogP contribution < -0.4 is 10.4 Å². The van der Waals surface area contributed by atoms with Gasteiger partial charge in [0, 0.05) is 12.2 Å². The van der Waals surface area contributed by atoms with Gasteiger partial charge in [-0.15, -0.1) is 0 Å². The predicted octanol–water partition coefficient (Wildman–Crippen LogP) is -1.01. The fraction of sp³-hybridized carbons (Fsp3) is 0. The highest BCUT2D eigenvalue weighted by atomic mass is 16.4. The van der Waals surface area contributed by atoms with E-state index in [9.17, 15) is 14.4 Å². The van der Waals surface area contributed by atoms with Crippen LogP contribution in [0.5, 0.6) is 0 Å². The van der Waals surface area contributed by atoms with Crippen LogP contribution in [0.1, 0.15) is 0 Å². The van der Waals surface area contributed by atoms with E-state index in [2.05, 4.69) is 0 Å². The van der Waals surface area contributed by atoms with Crippen LogP contribution in [0.2, 0.25) is 0 Å². The lowest BCUT2D eigenvalue weighted by Gasteiger charge is -1.89. The Morgan fingerprint density at radius 3 is 1.88 bits per heavy atom. The zero-order chi connectivity index (χ0) is 12.1. The van der Waals surface area contributed by atoms with E-state index in [1.807, 2.05) is 0 Å². The summed E-state index contributed by atoms with van der Waals surface area (Å²) in [6.07, 6.45) is 1.79. The van der Waals surface area contributed by atoms with Gasteiger partial charge in [-0.3, -0.25) is 4.79 Å². The molecule has 0 aromatic heterocycles. The first-order valence-corrected chi connectivity index (χ1v) is 4.29. The van der Waals surface area contributed by atoms with Gasteiger partial charge in [0.2, 0.25) is 0 Å². The monoisotopic (exact) mass is 220 g/mol. The van der Waals surface area contributed by atoms with Crippen LogP contribution in [0.4, 0.5) is 0 Å². The molecule has 0 aliphatic heterocycles. The Labute approximate surface area is 89.9 Å². The molecule has 0 atom stereocenters. The maximum Gasteiger partial charge on any atom is 0.376 e. The van der Waals surface area contributed by atoms with E-state index in [0.29, 0.717) is 0 Å².